The van der Waals surface area contributed by atoms with Gasteiger partial charge in [0.25, 0.3) is 0 Å². The number of carbonyl (C=O) groups is 1. The first-order valence-corrected chi connectivity index (χ1v) is 5.64. The molecule has 0 aromatic heterocycles. The standard InChI is InChI=1S/C11H9Cl2F3O2/c1-5(11(14,15)16)9(10(17)18)6-2-3-7(12)8(13)4-6/h2-5,9H,1H3,(H,17,18)/t5-,9?/m1/s1. The topological polar surface area (TPSA) is 37.3 Å². The van der Waals surface area contributed by atoms with E-state index in [2.05, 4.69) is 0 Å². The molecule has 0 radical (unpaired) electrons. The van der Waals surface area contributed by atoms with Crippen LogP contribution < -0.4 is 0 Å². The van der Waals surface area contributed by atoms with Crippen LogP contribution in [0.3, 0.4) is 0 Å². The highest BCUT2D eigenvalue weighted by atomic mass is 35.5. The molecule has 0 amide bonds. The Morgan fingerprint density at radius 3 is 2.22 bits per heavy atom. The fourth-order valence-electron chi connectivity index (χ4n) is 1.54. The Morgan fingerprint density at radius 2 is 1.83 bits per heavy atom. The van der Waals surface area contributed by atoms with Gasteiger partial charge in [0, 0.05) is 0 Å². The van der Waals surface area contributed by atoms with Gasteiger partial charge >= 0.3 is 12.1 Å². The third-order valence-electron chi connectivity index (χ3n) is 2.59. The number of halogens is 5. The number of rotatable bonds is 3. The molecule has 1 aromatic carbocycles. The predicted molar refractivity (Wildman–Crippen MR) is 62.1 cm³/mol. The van der Waals surface area contributed by atoms with Gasteiger partial charge < -0.3 is 5.11 Å². The van der Waals surface area contributed by atoms with Gasteiger partial charge in [-0.3, -0.25) is 4.79 Å². The predicted octanol–water partition coefficient (Wildman–Crippen LogP) is 4.36. The fourth-order valence-corrected chi connectivity index (χ4v) is 1.85. The van der Waals surface area contributed by atoms with Gasteiger partial charge in [-0.2, -0.15) is 13.2 Å². The molecule has 0 fully saturated rings. The Kier molecular flexibility index (Phi) is 4.50. The molecule has 0 aliphatic rings. The first kappa shape index (κ1) is 15.1. The number of carboxylic acids is 1. The van der Waals surface area contributed by atoms with Crippen LogP contribution >= 0.6 is 23.2 Å². The molecule has 0 saturated carbocycles. The van der Waals surface area contributed by atoms with Crippen molar-refractivity contribution in [1.82, 2.24) is 0 Å². The zero-order valence-corrected chi connectivity index (χ0v) is 10.6. The summed E-state index contributed by atoms with van der Waals surface area (Å²) in [6.07, 6.45) is -4.60. The molecule has 1 rings (SSSR count). The molecular formula is C11H9Cl2F3O2. The Morgan fingerprint density at radius 1 is 1.28 bits per heavy atom. The normalized spacial score (nSPS) is 15.2. The zero-order chi connectivity index (χ0) is 14.1. The number of aliphatic carboxylic acids is 1. The highest BCUT2D eigenvalue weighted by Crippen LogP contribution is 2.38. The second-order valence-corrected chi connectivity index (χ2v) is 4.63. The molecule has 2 atom stereocenters. The average molecular weight is 301 g/mol. The van der Waals surface area contributed by atoms with Crippen molar-refractivity contribution in [3.05, 3.63) is 33.8 Å². The largest absolute Gasteiger partial charge is 0.481 e. The molecular weight excluding hydrogens is 292 g/mol. The van der Waals surface area contributed by atoms with Crippen LogP contribution in [0, 0.1) is 5.92 Å². The molecule has 7 heteroatoms. The van der Waals surface area contributed by atoms with Crippen LogP contribution in [0.5, 0.6) is 0 Å². The van der Waals surface area contributed by atoms with Crippen molar-refractivity contribution in [1.29, 1.82) is 0 Å². The minimum absolute atomic E-state index is 0.0230. The second kappa shape index (κ2) is 5.36. The first-order chi connectivity index (χ1) is 8.14. The van der Waals surface area contributed by atoms with Crippen molar-refractivity contribution in [2.75, 3.05) is 0 Å². The van der Waals surface area contributed by atoms with Crippen molar-refractivity contribution in [3.63, 3.8) is 0 Å². The fraction of sp³-hybridized carbons (Fsp3) is 0.364. The smallest absolute Gasteiger partial charge is 0.392 e. The van der Waals surface area contributed by atoms with Gasteiger partial charge in [-0.15, -0.1) is 0 Å². The zero-order valence-electron chi connectivity index (χ0n) is 9.13. The molecule has 0 aliphatic heterocycles. The van der Waals surface area contributed by atoms with Gasteiger partial charge in [-0.25, -0.2) is 0 Å². The van der Waals surface area contributed by atoms with Gasteiger partial charge in [0.15, 0.2) is 0 Å². The molecule has 1 N–H and O–H groups in total. The van der Waals surface area contributed by atoms with E-state index < -0.39 is 24.0 Å². The second-order valence-electron chi connectivity index (χ2n) is 3.82. The summed E-state index contributed by atoms with van der Waals surface area (Å²) in [5.41, 5.74) is -0.0262. The minimum atomic E-state index is -4.60. The van der Waals surface area contributed by atoms with Crippen LogP contribution in [0.15, 0.2) is 18.2 Å². The first-order valence-electron chi connectivity index (χ1n) is 4.89. The molecule has 0 saturated heterocycles. The monoisotopic (exact) mass is 300 g/mol. The van der Waals surface area contributed by atoms with Crippen molar-refractivity contribution in [2.45, 2.75) is 19.0 Å². The molecule has 100 valence electrons. The lowest BCUT2D eigenvalue weighted by atomic mass is 9.87. The van der Waals surface area contributed by atoms with Crippen LogP contribution in [0.25, 0.3) is 0 Å². The lowest BCUT2D eigenvalue weighted by Gasteiger charge is -2.23. The van der Waals surface area contributed by atoms with Gasteiger partial charge in [0.05, 0.1) is 21.9 Å². The number of hydrogen-bond donors (Lipinski definition) is 1. The maximum Gasteiger partial charge on any atom is 0.392 e. The highest BCUT2D eigenvalue weighted by molar-refractivity contribution is 6.42. The van der Waals surface area contributed by atoms with E-state index in [-0.39, 0.29) is 15.6 Å². The van der Waals surface area contributed by atoms with Crippen molar-refractivity contribution in [2.24, 2.45) is 5.92 Å². The van der Waals surface area contributed by atoms with E-state index in [1.807, 2.05) is 0 Å². The van der Waals surface area contributed by atoms with E-state index in [1.165, 1.54) is 12.1 Å². The molecule has 1 aromatic rings. The van der Waals surface area contributed by atoms with Crippen LogP contribution in [0.1, 0.15) is 18.4 Å². The summed E-state index contributed by atoms with van der Waals surface area (Å²) >= 11 is 11.3. The van der Waals surface area contributed by atoms with Crippen molar-refractivity contribution < 1.29 is 23.1 Å². The van der Waals surface area contributed by atoms with E-state index in [0.717, 1.165) is 13.0 Å². The number of hydrogen-bond acceptors (Lipinski definition) is 1. The summed E-state index contributed by atoms with van der Waals surface area (Å²) in [5, 5.41) is 9.12. The van der Waals surface area contributed by atoms with Crippen molar-refractivity contribution in [3.8, 4) is 0 Å². The van der Waals surface area contributed by atoms with Gasteiger partial charge in [0.1, 0.15) is 0 Å². The van der Waals surface area contributed by atoms with E-state index in [9.17, 15) is 18.0 Å². The summed E-state index contributed by atoms with van der Waals surface area (Å²) in [7, 11) is 0. The molecule has 0 heterocycles. The third-order valence-corrected chi connectivity index (χ3v) is 3.32. The van der Waals surface area contributed by atoms with E-state index in [4.69, 9.17) is 28.3 Å². The van der Waals surface area contributed by atoms with Crippen molar-refractivity contribution >= 4 is 29.2 Å². The van der Waals surface area contributed by atoms with Crippen LogP contribution in [0.4, 0.5) is 13.2 Å². The number of alkyl halides is 3. The number of carboxylic acid groups (broad SMARTS) is 1. The Bertz CT molecular complexity index is 460. The van der Waals surface area contributed by atoms with E-state index in [0.29, 0.717) is 0 Å². The summed E-state index contributed by atoms with van der Waals surface area (Å²) in [6, 6.07) is 3.65. The number of benzene rings is 1. The molecule has 1 unspecified atom stereocenters. The van der Waals surface area contributed by atoms with Crippen LogP contribution in [0.2, 0.25) is 10.0 Å². The molecule has 18 heavy (non-hydrogen) atoms. The Labute approximate surface area is 111 Å². The molecule has 0 aliphatic carbocycles. The SMILES string of the molecule is C[C@H](C(C(=O)O)c1ccc(Cl)c(Cl)c1)C(F)(F)F. The Hall–Kier alpha value is -0.940. The van der Waals surface area contributed by atoms with E-state index in [1.54, 1.807) is 0 Å². The van der Waals surface area contributed by atoms with Gasteiger partial charge in [0.2, 0.25) is 0 Å². The molecule has 2 nitrogen and oxygen atoms in total. The summed E-state index contributed by atoms with van der Waals surface area (Å²) in [5.74, 6) is -5.29. The lowest BCUT2D eigenvalue weighted by Crippen LogP contribution is -2.31. The summed E-state index contributed by atoms with van der Waals surface area (Å²) in [6.45, 7) is 0.821. The highest BCUT2D eigenvalue weighted by Gasteiger charge is 2.45. The lowest BCUT2D eigenvalue weighted by molar-refractivity contribution is -0.183. The molecule has 0 spiro atoms. The maximum absolute atomic E-state index is 12.6. The summed E-state index contributed by atoms with van der Waals surface area (Å²) in [4.78, 5) is 11.0. The van der Waals surface area contributed by atoms with Crippen LogP contribution in [-0.2, 0) is 4.79 Å². The minimum Gasteiger partial charge on any atom is -0.481 e. The average Bonchev–Trinajstić information content (AvgIpc) is 2.21. The quantitative estimate of drug-likeness (QED) is 0.900. The summed E-state index contributed by atoms with van der Waals surface area (Å²) < 4.78 is 37.8. The van der Waals surface area contributed by atoms with Gasteiger partial charge in [-0.05, 0) is 17.7 Å². The molecule has 0 bridgehead atoms. The van der Waals surface area contributed by atoms with Gasteiger partial charge in [-0.1, -0.05) is 36.2 Å². The van der Waals surface area contributed by atoms with E-state index >= 15 is 0 Å². The third kappa shape index (κ3) is 3.29. The van der Waals surface area contributed by atoms with Crippen LogP contribution in [-0.4, -0.2) is 17.3 Å². The maximum atomic E-state index is 12.6. The Balaban J connectivity index is 3.21.